The van der Waals surface area contributed by atoms with Gasteiger partial charge in [0.25, 0.3) is 0 Å². The number of aryl methyl sites for hydroxylation is 1. The fourth-order valence-corrected chi connectivity index (χ4v) is 1.11. The van der Waals surface area contributed by atoms with Gasteiger partial charge < -0.3 is 4.74 Å². The summed E-state index contributed by atoms with van der Waals surface area (Å²) in [7, 11) is 0. The van der Waals surface area contributed by atoms with Gasteiger partial charge in [0.05, 0.1) is 0 Å². The third kappa shape index (κ3) is 9.88. The molecule has 2 nitrogen and oxygen atoms in total. The van der Waals surface area contributed by atoms with Gasteiger partial charge in [0.1, 0.15) is 5.75 Å². The number of hydrogen-bond acceptors (Lipinski definition) is 2. The summed E-state index contributed by atoms with van der Waals surface area (Å²) >= 11 is 0. The molecular weight excluding hydrogens is 224 g/mol. The standard InChI is InChI=1S/C12H16O2.2C2H6/c1-9(2)8-12(13)14-11-6-4-10(3)5-7-11;2*1-2/h4-7,9H,8H2,1-3H3;2*1-2H3. The molecule has 0 fully saturated rings. The Balaban J connectivity index is 0. The average Bonchev–Trinajstić information content (AvgIpc) is 2.36. The van der Waals surface area contributed by atoms with Crippen LogP contribution in [0.25, 0.3) is 0 Å². The number of carbonyl (C=O) groups excluding carboxylic acids is 1. The van der Waals surface area contributed by atoms with Crippen LogP contribution < -0.4 is 4.74 Å². The van der Waals surface area contributed by atoms with Crippen LogP contribution in [0.3, 0.4) is 0 Å². The van der Waals surface area contributed by atoms with Gasteiger partial charge in [-0.1, -0.05) is 59.2 Å². The van der Waals surface area contributed by atoms with Crippen molar-refractivity contribution in [2.24, 2.45) is 5.92 Å². The molecule has 2 heteroatoms. The Morgan fingerprint density at radius 1 is 1.06 bits per heavy atom. The van der Waals surface area contributed by atoms with Gasteiger partial charge in [-0.3, -0.25) is 4.79 Å². The van der Waals surface area contributed by atoms with Crippen LogP contribution in [0.4, 0.5) is 0 Å². The highest BCUT2D eigenvalue weighted by atomic mass is 16.5. The van der Waals surface area contributed by atoms with Crippen molar-refractivity contribution >= 4 is 5.97 Å². The zero-order valence-electron chi connectivity index (χ0n) is 12.9. The SMILES string of the molecule is CC.CC.Cc1ccc(OC(=O)CC(C)C)cc1. The van der Waals surface area contributed by atoms with Gasteiger partial charge in [0, 0.05) is 6.42 Å². The Labute approximate surface area is 112 Å². The Morgan fingerprint density at radius 3 is 1.89 bits per heavy atom. The van der Waals surface area contributed by atoms with E-state index < -0.39 is 0 Å². The minimum absolute atomic E-state index is 0.163. The first-order chi connectivity index (χ1) is 8.58. The summed E-state index contributed by atoms with van der Waals surface area (Å²) in [6.45, 7) is 14.0. The average molecular weight is 252 g/mol. The van der Waals surface area contributed by atoms with Gasteiger partial charge >= 0.3 is 5.97 Å². The molecule has 0 atom stereocenters. The highest BCUT2D eigenvalue weighted by Gasteiger charge is 2.06. The summed E-state index contributed by atoms with van der Waals surface area (Å²) in [6, 6.07) is 7.48. The van der Waals surface area contributed by atoms with Crippen LogP contribution in [0.2, 0.25) is 0 Å². The molecule has 0 spiro atoms. The number of ether oxygens (including phenoxy) is 1. The molecule has 0 N–H and O–H groups in total. The Bertz CT molecular complexity index is 299. The molecule has 0 aliphatic carbocycles. The molecule has 0 amide bonds. The third-order valence-electron chi connectivity index (χ3n) is 1.83. The largest absolute Gasteiger partial charge is 0.427 e. The molecule has 0 saturated carbocycles. The van der Waals surface area contributed by atoms with Crippen LogP contribution in [0.15, 0.2) is 24.3 Å². The van der Waals surface area contributed by atoms with E-state index in [0.717, 1.165) is 5.56 Å². The molecule has 0 unspecified atom stereocenters. The predicted molar refractivity (Wildman–Crippen MR) is 79.0 cm³/mol. The molecule has 0 aliphatic heterocycles. The van der Waals surface area contributed by atoms with Crippen molar-refractivity contribution in [3.63, 3.8) is 0 Å². The molecule has 0 aromatic heterocycles. The number of esters is 1. The molecule has 104 valence electrons. The molecule has 1 aromatic rings. The van der Waals surface area contributed by atoms with Crippen LogP contribution in [0, 0.1) is 12.8 Å². The lowest BCUT2D eigenvalue weighted by molar-refractivity contribution is -0.135. The van der Waals surface area contributed by atoms with Crippen molar-refractivity contribution in [2.45, 2.75) is 54.9 Å². The number of benzene rings is 1. The lowest BCUT2D eigenvalue weighted by Gasteiger charge is -2.05. The monoisotopic (exact) mass is 252 g/mol. The van der Waals surface area contributed by atoms with E-state index in [-0.39, 0.29) is 5.97 Å². The summed E-state index contributed by atoms with van der Waals surface area (Å²) in [5.74, 6) is 0.804. The molecular formula is C16H28O2. The van der Waals surface area contributed by atoms with E-state index in [2.05, 4.69) is 0 Å². The van der Waals surface area contributed by atoms with Crippen LogP contribution in [0.1, 0.15) is 53.5 Å². The van der Waals surface area contributed by atoms with E-state index >= 15 is 0 Å². The van der Waals surface area contributed by atoms with Crippen LogP contribution >= 0.6 is 0 Å². The van der Waals surface area contributed by atoms with Crippen molar-refractivity contribution in [1.82, 2.24) is 0 Å². The van der Waals surface area contributed by atoms with Gasteiger partial charge in [-0.2, -0.15) is 0 Å². The molecule has 0 radical (unpaired) electrons. The summed E-state index contributed by atoms with van der Waals surface area (Å²) in [4.78, 5) is 11.3. The van der Waals surface area contributed by atoms with E-state index in [1.807, 2.05) is 72.7 Å². The molecule has 0 bridgehead atoms. The number of carbonyl (C=O) groups is 1. The lowest BCUT2D eigenvalue weighted by atomic mass is 10.1. The first kappa shape index (κ1) is 19.0. The maximum atomic E-state index is 11.3. The Hall–Kier alpha value is -1.31. The summed E-state index contributed by atoms with van der Waals surface area (Å²) in [5.41, 5.74) is 1.16. The topological polar surface area (TPSA) is 26.3 Å². The zero-order valence-corrected chi connectivity index (χ0v) is 12.9. The number of rotatable bonds is 3. The lowest BCUT2D eigenvalue weighted by Crippen LogP contribution is -2.10. The summed E-state index contributed by atoms with van der Waals surface area (Å²) in [5, 5.41) is 0. The summed E-state index contributed by atoms with van der Waals surface area (Å²) < 4.78 is 5.14. The van der Waals surface area contributed by atoms with E-state index in [9.17, 15) is 4.79 Å². The van der Waals surface area contributed by atoms with Gasteiger partial charge in [-0.05, 0) is 25.0 Å². The number of hydrogen-bond donors (Lipinski definition) is 0. The fourth-order valence-electron chi connectivity index (χ4n) is 1.11. The highest BCUT2D eigenvalue weighted by molar-refractivity contribution is 5.72. The molecule has 0 aliphatic rings. The molecule has 18 heavy (non-hydrogen) atoms. The maximum absolute atomic E-state index is 11.3. The van der Waals surface area contributed by atoms with Crippen molar-refractivity contribution in [1.29, 1.82) is 0 Å². The van der Waals surface area contributed by atoms with Crippen LogP contribution in [-0.4, -0.2) is 5.97 Å². The predicted octanol–water partition coefficient (Wildman–Crippen LogP) is 5.00. The zero-order chi connectivity index (χ0) is 14.6. The van der Waals surface area contributed by atoms with Gasteiger partial charge in [-0.15, -0.1) is 0 Å². The maximum Gasteiger partial charge on any atom is 0.311 e. The molecule has 0 heterocycles. The molecule has 1 aromatic carbocycles. The second kappa shape index (κ2) is 12.2. The van der Waals surface area contributed by atoms with Gasteiger partial charge in [-0.25, -0.2) is 0 Å². The Kier molecular flexibility index (Phi) is 12.9. The van der Waals surface area contributed by atoms with E-state index in [4.69, 9.17) is 4.74 Å². The van der Waals surface area contributed by atoms with Crippen LogP contribution in [-0.2, 0) is 4.79 Å². The summed E-state index contributed by atoms with van der Waals surface area (Å²) in [6.07, 6.45) is 0.466. The second-order valence-electron chi connectivity index (χ2n) is 3.89. The smallest absolute Gasteiger partial charge is 0.311 e. The molecule has 1 rings (SSSR count). The third-order valence-corrected chi connectivity index (χ3v) is 1.83. The minimum Gasteiger partial charge on any atom is -0.427 e. The van der Waals surface area contributed by atoms with Crippen molar-refractivity contribution in [3.8, 4) is 5.75 Å². The van der Waals surface area contributed by atoms with E-state index in [0.29, 0.717) is 18.1 Å². The first-order valence-corrected chi connectivity index (χ1v) is 6.85. The first-order valence-electron chi connectivity index (χ1n) is 6.85. The quantitative estimate of drug-likeness (QED) is 0.559. The fraction of sp³-hybridized carbons (Fsp3) is 0.562. The van der Waals surface area contributed by atoms with Gasteiger partial charge in [0.15, 0.2) is 0 Å². The highest BCUT2D eigenvalue weighted by Crippen LogP contribution is 2.13. The second-order valence-corrected chi connectivity index (χ2v) is 3.89. The normalized spacial score (nSPS) is 8.67. The molecule has 0 saturated heterocycles. The van der Waals surface area contributed by atoms with Crippen molar-refractivity contribution < 1.29 is 9.53 Å². The van der Waals surface area contributed by atoms with Crippen molar-refractivity contribution in [3.05, 3.63) is 29.8 Å². The van der Waals surface area contributed by atoms with Crippen LogP contribution in [0.5, 0.6) is 5.75 Å². The van der Waals surface area contributed by atoms with E-state index in [1.54, 1.807) is 0 Å². The van der Waals surface area contributed by atoms with E-state index in [1.165, 1.54) is 0 Å². The van der Waals surface area contributed by atoms with Gasteiger partial charge in [0.2, 0.25) is 0 Å². The minimum atomic E-state index is -0.163. The Morgan fingerprint density at radius 2 is 1.50 bits per heavy atom. The van der Waals surface area contributed by atoms with Crippen molar-refractivity contribution in [2.75, 3.05) is 0 Å².